The van der Waals surface area contributed by atoms with Gasteiger partial charge in [-0.1, -0.05) is 35.9 Å². The lowest BCUT2D eigenvalue weighted by Gasteiger charge is -2.18. The van der Waals surface area contributed by atoms with Crippen LogP contribution in [-0.4, -0.2) is 25.2 Å². The largest absolute Gasteiger partial charge is 0.454 e. The number of ether oxygens (including phenoxy) is 2. The number of rotatable bonds is 7. The SMILES string of the molecule is CC(=O)N[C@@H](CC(=O)NCCc1ccc2c(c1)OCO2)c1ccc(C)cc1. The number of fused-ring (bicyclic) bond motifs is 1. The van der Waals surface area contributed by atoms with Crippen LogP contribution in [0.5, 0.6) is 11.5 Å². The lowest BCUT2D eigenvalue weighted by molar-refractivity contribution is -0.122. The molecule has 1 heterocycles. The first kappa shape index (κ1) is 18.8. The van der Waals surface area contributed by atoms with Crippen molar-refractivity contribution in [3.8, 4) is 11.5 Å². The van der Waals surface area contributed by atoms with Gasteiger partial charge in [0.2, 0.25) is 18.6 Å². The van der Waals surface area contributed by atoms with E-state index in [1.807, 2.05) is 49.4 Å². The summed E-state index contributed by atoms with van der Waals surface area (Å²) in [6.07, 6.45) is 0.890. The molecule has 0 radical (unpaired) electrons. The van der Waals surface area contributed by atoms with E-state index in [9.17, 15) is 9.59 Å². The molecule has 0 unspecified atom stereocenters. The summed E-state index contributed by atoms with van der Waals surface area (Å²) in [7, 11) is 0. The number of hydrogen-bond donors (Lipinski definition) is 2. The van der Waals surface area contributed by atoms with Crippen LogP contribution in [0.1, 0.15) is 36.1 Å². The predicted octanol–water partition coefficient (Wildman–Crippen LogP) is 2.65. The van der Waals surface area contributed by atoms with Crippen molar-refractivity contribution in [1.82, 2.24) is 10.6 Å². The lowest BCUT2D eigenvalue weighted by Crippen LogP contribution is -2.33. The maximum absolute atomic E-state index is 12.3. The van der Waals surface area contributed by atoms with Crippen LogP contribution in [0, 0.1) is 6.92 Å². The highest BCUT2D eigenvalue weighted by Crippen LogP contribution is 2.32. The first-order valence-corrected chi connectivity index (χ1v) is 9.00. The molecule has 3 rings (SSSR count). The van der Waals surface area contributed by atoms with E-state index in [0.29, 0.717) is 13.0 Å². The second-order valence-corrected chi connectivity index (χ2v) is 6.66. The Morgan fingerprint density at radius 3 is 2.56 bits per heavy atom. The van der Waals surface area contributed by atoms with Gasteiger partial charge in [-0.25, -0.2) is 0 Å². The van der Waals surface area contributed by atoms with Crippen molar-refractivity contribution in [3.63, 3.8) is 0 Å². The van der Waals surface area contributed by atoms with E-state index in [2.05, 4.69) is 10.6 Å². The van der Waals surface area contributed by atoms with Crippen molar-refractivity contribution in [2.45, 2.75) is 32.7 Å². The molecule has 6 nitrogen and oxygen atoms in total. The van der Waals surface area contributed by atoms with Crippen molar-refractivity contribution >= 4 is 11.8 Å². The van der Waals surface area contributed by atoms with E-state index >= 15 is 0 Å². The minimum absolute atomic E-state index is 0.102. The monoisotopic (exact) mass is 368 g/mol. The number of amides is 2. The van der Waals surface area contributed by atoms with Crippen molar-refractivity contribution in [2.24, 2.45) is 0 Å². The Labute approximate surface area is 158 Å². The third kappa shape index (κ3) is 5.23. The normalized spacial score (nSPS) is 13.1. The van der Waals surface area contributed by atoms with Crippen LogP contribution in [-0.2, 0) is 16.0 Å². The van der Waals surface area contributed by atoms with Gasteiger partial charge in [-0.15, -0.1) is 0 Å². The Morgan fingerprint density at radius 2 is 1.81 bits per heavy atom. The van der Waals surface area contributed by atoms with Crippen molar-refractivity contribution in [1.29, 1.82) is 0 Å². The topological polar surface area (TPSA) is 76.7 Å². The minimum atomic E-state index is -0.339. The number of carbonyl (C=O) groups is 2. The molecule has 2 aromatic rings. The quantitative estimate of drug-likeness (QED) is 0.788. The number of hydrogen-bond acceptors (Lipinski definition) is 4. The maximum atomic E-state index is 12.3. The molecule has 1 aliphatic rings. The summed E-state index contributed by atoms with van der Waals surface area (Å²) in [6.45, 7) is 4.22. The average molecular weight is 368 g/mol. The zero-order chi connectivity index (χ0) is 19.2. The highest BCUT2D eigenvalue weighted by molar-refractivity contribution is 5.79. The van der Waals surface area contributed by atoms with Crippen molar-refractivity contribution < 1.29 is 19.1 Å². The van der Waals surface area contributed by atoms with Crippen LogP contribution in [0.15, 0.2) is 42.5 Å². The Balaban J connectivity index is 1.53. The van der Waals surface area contributed by atoms with Gasteiger partial charge in [0.15, 0.2) is 11.5 Å². The Bertz CT molecular complexity index is 817. The standard InChI is InChI=1S/C21H24N2O4/c1-14-3-6-17(7-4-14)18(23-15(2)24)12-21(25)22-10-9-16-5-8-19-20(11-16)27-13-26-19/h3-8,11,18H,9-10,12-13H2,1-2H3,(H,22,25)(H,23,24)/t18-/m0/s1. The van der Waals surface area contributed by atoms with Gasteiger partial charge in [0, 0.05) is 13.5 Å². The summed E-state index contributed by atoms with van der Waals surface area (Å²) in [5.41, 5.74) is 3.12. The van der Waals surface area contributed by atoms with Crippen molar-refractivity contribution in [3.05, 3.63) is 59.2 Å². The van der Waals surface area contributed by atoms with Crippen LogP contribution < -0.4 is 20.1 Å². The van der Waals surface area contributed by atoms with Gasteiger partial charge in [0.1, 0.15) is 0 Å². The smallest absolute Gasteiger partial charge is 0.231 e. The maximum Gasteiger partial charge on any atom is 0.231 e. The first-order chi connectivity index (χ1) is 13.0. The Kier molecular flexibility index (Phi) is 5.96. The molecule has 2 N–H and O–H groups in total. The number of nitrogens with one attached hydrogen (secondary N) is 2. The van der Waals surface area contributed by atoms with Crippen molar-refractivity contribution in [2.75, 3.05) is 13.3 Å². The molecule has 1 aliphatic heterocycles. The van der Waals surface area contributed by atoms with Gasteiger partial charge in [0.25, 0.3) is 0 Å². The molecular weight excluding hydrogens is 344 g/mol. The van der Waals surface area contributed by atoms with E-state index < -0.39 is 0 Å². The fourth-order valence-corrected chi connectivity index (χ4v) is 3.00. The molecule has 0 bridgehead atoms. The molecule has 0 aliphatic carbocycles. The van der Waals surface area contributed by atoms with Crippen LogP contribution in [0.4, 0.5) is 0 Å². The van der Waals surface area contributed by atoms with E-state index in [1.165, 1.54) is 6.92 Å². The van der Waals surface area contributed by atoms with Gasteiger partial charge < -0.3 is 20.1 Å². The molecular formula is C21H24N2O4. The fourth-order valence-electron chi connectivity index (χ4n) is 3.00. The highest BCUT2D eigenvalue weighted by atomic mass is 16.7. The van der Waals surface area contributed by atoms with Crippen LogP contribution in [0.25, 0.3) is 0 Å². The summed E-state index contributed by atoms with van der Waals surface area (Å²) < 4.78 is 10.7. The van der Waals surface area contributed by atoms with Gasteiger partial charge in [-0.3, -0.25) is 9.59 Å². The Morgan fingerprint density at radius 1 is 1.07 bits per heavy atom. The number of aryl methyl sites for hydroxylation is 1. The second kappa shape index (κ2) is 8.58. The lowest BCUT2D eigenvalue weighted by atomic mass is 10.0. The summed E-state index contributed by atoms with van der Waals surface area (Å²) in [6, 6.07) is 13.3. The molecule has 0 saturated heterocycles. The molecule has 2 aromatic carbocycles. The minimum Gasteiger partial charge on any atom is -0.454 e. The van der Waals surface area contributed by atoms with Gasteiger partial charge in [-0.05, 0) is 36.6 Å². The molecule has 1 atom stereocenters. The molecule has 27 heavy (non-hydrogen) atoms. The summed E-state index contributed by atoms with van der Waals surface area (Å²) >= 11 is 0. The summed E-state index contributed by atoms with van der Waals surface area (Å²) in [5, 5.41) is 5.77. The molecule has 0 aromatic heterocycles. The zero-order valence-corrected chi connectivity index (χ0v) is 15.6. The molecule has 0 spiro atoms. The molecule has 6 heteroatoms. The van der Waals surface area contributed by atoms with Crippen LogP contribution in [0.2, 0.25) is 0 Å². The third-order valence-electron chi connectivity index (χ3n) is 4.42. The number of carbonyl (C=O) groups excluding carboxylic acids is 2. The predicted molar refractivity (Wildman–Crippen MR) is 102 cm³/mol. The van der Waals surface area contributed by atoms with Gasteiger partial charge in [-0.2, -0.15) is 0 Å². The van der Waals surface area contributed by atoms with E-state index in [4.69, 9.17) is 9.47 Å². The fraction of sp³-hybridized carbons (Fsp3) is 0.333. The summed E-state index contributed by atoms with van der Waals surface area (Å²) in [5.74, 6) is 1.23. The van der Waals surface area contributed by atoms with E-state index in [-0.39, 0.29) is 31.1 Å². The average Bonchev–Trinajstić information content (AvgIpc) is 3.09. The summed E-state index contributed by atoms with van der Waals surface area (Å²) in [4.78, 5) is 23.8. The molecule has 2 amide bonds. The third-order valence-corrected chi connectivity index (χ3v) is 4.42. The highest BCUT2D eigenvalue weighted by Gasteiger charge is 2.17. The molecule has 0 saturated carbocycles. The molecule has 142 valence electrons. The van der Waals surface area contributed by atoms with Crippen LogP contribution in [0.3, 0.4) is 0 Å². The number of benzene rings is 2. The zero-order valence-electron chi connectivity index (χ0n) is 15.6. The molecule has 0 fully saturated rings. The van der Waals surface area contributed by atoms with Gasteiger partial charge >= 0.3 is 0 Å². The Hall–Kier alpha value is -3.02. The van der Waals surface area contributed by atoms with E-state index in [1.54, 1.807) is 0 Å². The van der Waals surface area contributed by atoms with Crippen LogP contribution >= 0.6 is 0 Å². The second-order valence-electron chi connectivity index (χ2n) is 6.66. The first-order valence-electron chi connectivity index (χ1n) is 9.00. The van der Waals surface area contributed by atoms with E-state index in [0.717, 1.165) is 28.2 Å². The van der Waals surface area contributed by atoms with Gasteiger partial charge in [0.05, 0.1) is 12.5 Å².